The maximum absolute atomic E-state index is 10.1. The average Bonchev–Trinajstić information content (AvgIpc) is 2.36. The number of hydrogen-bond donors (Lipinski definition) is 3. The minimum Gasteiger partial charge on any atom is -0.481 e. The maximum atomic E-state index is 10.1. The van der Waals surface area contributed by atoms with Crippen LogP contribution in [0.4, 0.5) is 0 Å². The zero-order valence-corrected chi connectivity index (χ0v) is 14.4. The van der Waals surface area contributed by atoms with Crippen LogP contribution in [0.1, 0.15) is 85.5 Å². The van der Waals surface area contributed by atoms with E-state index in [9.17, 15) is 4.79 Å². The summed E-state index contributed by atoms with van der Waals surface area (Å²) in [5, 5.41) is 25.7. The summed E-state index contributed by atoms with van der Waals surface area (Å²) in [5.74, 6) is -0.663. The van der Waals surface area contributed by atoms with Gasteiger partial charge in [0, 0.05) is 6.42 Å². The van der Waals surface area contributed by atoms with Crippen LogP contribution in [-0.2, 0) is 4.79 Å². The lowest BCUT2D eigenvalue weighted by Crippen LogP contribution is -2.20. The fourth-order valence-corrected chi connectivity index (χ4v) is 2.00. The fourth-order valence-electron chi connectivity index (χ4n) is 2.00. The van der Waals surface area contributed by atoms with Gasteiger partial charge in [-0.1, -0.05) is 66.2 Å². The normalized spacial score (nSPS) is 12.5. The molecule has 0 aliphatic rings. The van der Waals surface area contributed by atoms with E-state index in [1.807, 2.05) is 20.8 Å². The van der Waals surface area contributed by atoms with Gasteiger partial charge >= 0.3 is 5.97 Å². The maximum Gasteiger partial charge on any atom is 0.303 e. The van der Waals surface area contributed by atoms with Crippen molar-refractivity contribution in [2.45, 2.75) is 91.6 Å². The molecule has 0 amide bonds. The van der Waals surface area contributed by atoms with Gasteiger partial charge < -0.3 is 15.3 Å². The van der Waals surface area contributed by atoms with E-state index in [4.69, 9.17) is 15.3 Å². The van der Waals surface area contributed by atoms with Crippen molar-refractivity contribution in [1.82, 2.24) is 0 Å². The third-order valence-corrected chi connectivity index (χ3v) is 3.05. The number of carboxylic acid groups (broad SMARTS) is 1. The van der Waals surface area contributed by atoms with E-state index in [2.05, 4.69) is 6.92 Å². The first-order valence-electron chi connectivity index (χ1n) is 8.23. The quantitative estimate of drug-likeness (QED) is 0.533. The summed E-state index contributed by atoms with van der Waals surface area (Å²) in [6.45, 7) is 8.17. The van der Waals surface area contributed by atoms with Crippen LogP contribution in [-0.4, -0.2) is 34.0 Å². The van der Waals surface area contributed by atoms with Gasteiger partial charge in [0.1, 0.15) is 0 Å². The fraction of sp³-hybridized carbons (Fsp3) is 0.941. The van der Waals surface area contributed by atoms with Crippen LogP contribution < -0.4 is 0 Å². The summed E-state index contributed by atoms with van der Waals surface area (Å²) in [7, 11) is 0. The molecule has 0 aliphatic heterocycles. The lowest BCUT2D eigenvalue weighted by molar-refractivity contribution is -0.137. The van der Waals surface area contributed by atoms with Gasteiger partial charge in [0.2, 0.25) is 0 Å². The third kappa shape index (κ3) is 24.8. The van der Waals surface area contributed by atoms with E-state index in [-0.39, 0.29) is 12.0 Å². The first-order chi connectivity index (χ1) is 9.72. The van der Waals surface area contributed by atoms with Crippen molar-refractivity contribution in [2.75, 3.05) is 6.61 Å². The van der Waals surface area contributed by atoms with Crippen LogP contribution in [0, 0.1) is 5.41 Å². The van der Waals surface area contributed by atoms with Gasteiger partial charge in [-0.15, -0.1) is 0 Å². The molecule has 1 unspecified atom stereocenters. The highest BCUT2D eigenvalue weighted by molar-refractivity contribution is 5.66. The summed E-state index contributed by atoms with van der Waals surface area (Å²) in [6, 6.07) is 0. The van der Waals surface area contributed by atoms with Crippen molar-refractivity contribution in [3.63, 3.8) is 0 Å². The summed E-state index contributed by atoms with van der Waals surface area (Å²) in [4.78, 5) is 10.1. The van der Waals surface area contributed by atoms with Crippen molar-refractivity contribution in [2.24, 2.45) is 5.41 Å². The van der Waals surface area contributed by atoms with Gasteiger partial charge in [0.05, 0.1) is 12.7 Å². The first kappa shape index (κ1) is 22.7. The highest BCUT2D eigenvalue weighted by atomic mass is 16.4. The Balaban J connectivity index is 0. The molecule has 0 bridgehead atoms. The van der Waals surface area contributed by atoms with E-state index in [0.29, 0.717) is 12.8 Å². The molecule has 0 saturated heterocycles. The molecule has 1 atom stereocenters. The molecule has 4 nitrogen and oxygen atoms in total. The summed E-state index contributed by atoms with van der Waals surface area (Å²) in [6.07, 6.45) is 8.75. The smallest absolute Gasteiger partial charge is 0.303 e. The van der Waals surface area contributed by atoms with Crippen LogP contribution in [0.15, 0.2) is 0 Å². The molecule has 0 fully saturated rings. The van der Waals surface area contributed by atoms with Gasteiger partial charge in [-0.2, -0.15) is 0 Å². The van der Waals surface area contributed by atoms with E-state index in [0.717, 1.165) is 12.8 Å². The lowest BCUT2D eigenvalue weighted by Gasteiger charge is -2.20. The van der Waals surface area contributed by atoms with Gasteiger partial charge in [-0.25, -0.2) is 0 Å². The zero-order chi connectivity index (χ0) is 16.7. The Morgan fingerprint density at radius 2 is 1.48 bits per heavy atom. The van der Waals surface area contributed by atoms with Crippen LogP contribution in [0.2, 0.25) is 0 Å². The van der Waals surface area contributed by atoms with Gasteiger partial charge in [-0.05, 0) is 18.3 Å². The van der Waals surface area contributed by atoms with Crippen molar-refractivity contribution in [3.8, 4) is 0 Å². The number of hydrogen-bond acceptors (Lipinski definition) is 3. The number of carboxylic acids is 1. The average molecular weight is 304 g/mol. The van der Waals surface area contributed by atoms with Crippen molar-refractivity contribution in [1.29, 1.82) is 0 Å². The van der Waals surface area contributed by atoms with E-state index in [1.165, 1.54) is 32.1 Å². The SMILES string of the molecule is CC(C)(C)CC(O)CO.CCCCCCCCCC(=O)O. The Hall–Kier alpha value is -0.610. The summed E-state index contributed by atoms with van der Waals surface area (Å²) >= 11 is 0. The number of unbranched alkanes of at least 4 members (excludes halogenated alkanes) is 6. The lowest BCUT2D eigenvalue weighted by atomic mass is 9.89. The van der Waals surface area contributed by atoms with Crippen LogP contribution >= 0.6 is 0 Å². The molecule has 21 heavy (non-hydrogen) atoms. The topological polar surface area (TPSA) is 77.8 Å². The predicted molar refractivity (Wildman–Crippen MR) is 87.4 cm³/mol. The molecule has 0 aromatic heterocycles. The molecule has 0 spiro atoms. The second-order valence-corrected chi connectivity index (χ2v) is 6.87. The molecule has 128 valence electrons. The van der Waals surface area contributed by atoms with Gasteiger partial charge in [-0.3, -0.25) is 4.79 Å². The largest absolute Gasteiger partial charge is 0.481 e. The van der Waals surface area contributed by atoms with Crippen molar-refractivity contribution >= 4 is 5.97 Å². The molecule has 0 aromatic rings. The number of aliphatic hydroxyl groups is 2. The molecule has 0 aromatic carbocycles. The molecule has 0 radical (unpaired) electrons. The third-order valence-electron chi connectivity index (χ3n) is 3.05. The summed E-state index contributed by atoms with van der Waals surface area (Å²) in [5.41, 5.74) is 0.113. The molecule has 0 rings (SSSR count). The van der Waals surface area contributed by atoms with Crippen LogP contribution in [0.25, 0.3) is 0 Å². The van der Waals surface area contributed by atoms with Crippen LogP contribution in [0.3, 0.4) is 0 Å². The molecule has 0 aliphatic carbocycles. The highest BCUT2D eigenvalue weighted by Crippen LogP contribution is 2.20. The highest BCUT2D eigenvalue weighted by Gasteiger charge is 2.15. The van der Waals surface area contributed by atoms with Crippen molar-refractivity contribution < 1.29 is 20.1 Å². The number of rotatable bonds is 10. The predicted octanol–water partition coefficient (Wildman–Crippen LogP) is 3.99. The standard InChI is InChI=1S/C10H20O2.C7H16O2/c1-2-3-4-5-6-7-8-9-10(11)12;1-7(2,3)4-6(9)5-8/h2-9H2,1H3,(H,11,12);6,8-9H,4-5H2,1-3H3. The second kappa shape index (κ2) is 14.3. The Bertz CT molecular complexity index is 233. The number of aliphatic hydroxyl groups excluding tert-OH is 2. The molecule has 3 N–H and O–H groups in total. The molecule has 0 heterocycles. The van der Waals surface area contributed by atoms with E-state index in [1.54, 1.807) is 0 Å². The molecule has 4 heteroatoms. The van der Waals surface area contributed by atoms with E-state index < -0.39 is 12.1 Å². The number of carbonyl (C=O) groups is 1. The van der Waals surface area contributed by atoms with Gasteiger partial charge in [0.15, 0.2) is 0 Å². The molecular weight excluding hydrogens is 268 g/mol. The second-order valence-electron chi connectivity index (χ2n) is 6.87. The minimum atomic E-state index is -0.663. The van der Waals surface area contributed by atoms with Gasteiger partial charge in [0.25, 0.3) is 0 Å². The Morgan fingerprint density at radius 1 is 1.00 bits per heavy atom. The Kier molecular flexibility index (Phi) is 15.5. The van der Waals surface area contributed by atoms with E-state index >= 15 is 0 Å². The first-order valence-corrected chi connectivity index (χ1v) is 8.23. The van der Waals surface area contributed by atoms with Crippen molar-refractivity contribution in [3.05, 3.63) is 0 Å². The molecule has 0 saturated carbocycles. The monoisotopic (exact) mass is 304 g/mol. The summed E-state index contributed by atoms with van der Waals surface area (Å²) < 4.78 is 0. The minimum absolute atomic E-state index is 0.113. The Labute approximate surface area is 130 Å². The van der Waals surface area contributed by atoms with Crippen LogP contribution in [0.5, 0.6) is 0 Å². The zero-order valence-electron chi connectivity index (χ0n) is 14.4. The number of aliphatic carboxylic acids is 1. The Morgan fingerprint density at radius 3 is 1.81 bits per heavy atom. The molecular formula is C17H36O4.